The maximum Gasteiger partial charge on any atom is 0.225 e. The second-order valence-electron chi connectivity index (χ2n) is 4.41. The first-order chi connectivity index (χ1) is 8.08. The van der Waals surface area contributed by atoms with Crippen LogP contribution in [0.15, 0.2) is 24.3 Å². The van der Waals surface area contributed by atoms with Gasteiger partial charge in [-0.3, -0.25) is 4.79 Å². The molecule has 0 saturated carbocycles. The van der Waals surface area contributed by atoms with Gasteiger partial charge in [0, 0.05) is 24.7 Å². The van der Waals surface area contributed by atoms with Crippen LogP contribution >= 0.6 is 0 Å². The van der Waals surface area contributed by atoms with Crippen LogP contribution in [0.1, 0.15) is 32.8 Å². The number of nitrogens with zero attached hydrogens (tertiary/aromatic N) is 1. The number of benzene rings is 1. The molecule has 0 aliphatic heterocycles. The lowest BCUT2D eigenvalue weighted by atomic mass is 10.1. The summed E-state index contributed by atoms with van der Waals surface area (Å²) < 4.78 is 0. The molecule has 3 nitrogen and oxygen atoms in total. The van der Waals surface area contributed by atoms with Crippen molar-refractivity contribution in [3.63, 3.8) is 0 Å². The van der Waals surface area contributed by atoms with Gasteiger partial charge in [0.15, 0.2) is 0 Å². The van der Waals surface area contributed by atoms with Gasteiger partial charge < -0.3 is 10.6 Å². The summed E-state index contributed by atoms with van der Waals surface area (Å²) in [5.41, 5.74) is 7.57. The van der Waals surface area contributed by atoms with Gasteiger partial charge in [0.05, 0.1) is 0 Å². The molecule has 1 unspecified atom stereocenters. The summed E-state index contributed by atoms with van der Waals surface area (Å²) in [5.74, 6) is 0.313. The van der Waals surface area contributed by atoms with E-state index in [1.54, 1.807) is 0 Å². The number of amides is 1. The summed E-state index contributed by atoms with van der Waals surface area (Å²) in [6, 6.07) is 7.71. The molecule has 0 bridgehead atoms. The quantitative estimate of drug-likeness (QED) is 0.796. The fraction of sp³-hybridized carbons (Fsp3) is 0.500. The third-order valence-electron chi connectivity index (χ3n) is 3.05. The van der Waals surface area contributed by atoms with Crippen molar-refractivity contribution in [1.82, 2.24) is 4.90 Å². The SMILES string of the molecule is CCC(C)C(=O)N(CC)Cc1cccc(N)c1. The third kappa shape index (κ3) is 3.77. The van der Waals surface area contributed by atoms with E-state index in [0.29, 0.717) is 6.54 Å². The van der Waals surface area contributed by atoms with E-state index in [1.807, 2.05) is 49.9 Å². The Hall–Kier alpha value is -1.51. The van der Waals surface area contributed by atoms with Crippen LogP contribution in [0.3, 0.4) is 0 Å². The smallest absolute Gasteiger partial charge is 0.225 e. The molecule has 1 atom stereocenters. The van der Waals surface area contributed by atoms with Crippen molar-refractivity contribution in [3.05, 3.63) is 29.8 Å². The molecular weight excluding hydrogens is 212 g/mol. The van der Waals surface area contributed by atoms with Crippen molar-refractivity contribution in [2.24, 2.45) is 5.92 Å². The minimum absolute atomic E-state index is 0.0935. The summed E-state index contributed by atoms with van der Waals surface area (Å²) in [6.07, 6.45) is 0.881. The van der Waals surface area contributed by atoms with Crippen LogP contribution in [0.4, 0.5) is 5.69 Å². The monoisotopic (exact) mass is 234 g/mol. The van der Waals surface area contributed by atoms with Gasteiger partial charge in [-0.2, -0.15) is 0 Å². The van der Waals surface area contributed by atoms with E-state index < -0.39 is 0 Å². The van der Waals surface area contributed by atoms with Gasteiger partial charge in [-0.15, -0.1) is 0 Å². The molecule has 17 heavy (non-hydrogen) atoms. The molecule has 0 saturated heterocycles. The second kappa shape index (κ2) is 6.28. The molecule has 0 aromatic heterocycles. The molecule has 1 amide bonds. The molecule has 1 rings (SSSR count). The summed E-state index contributed by atoms with van der Waals surface area (Å²) in [6.45, 7) is 7.40. The van der Waals surface area contributed by atoms with Crippen molar-refractivity contribution in [2.75, 3.05) is 12.3 Å². The predicted octanol–water partition coefficient (Wildman–Crippen LogP) is 2.66. The topological polar surface area (TPSA) is 46.3 Å². The fourth-order valence-electron chi connectivity index (χ4n) is 1.74. The maximum absolute atomic E-state index is 12.1. The van der Waals surface area contributed by atoms with Crippen molar-refractivity contribution in [2.45, 2.75) is 33.7 Å². The Morgan fingerprint density at radius 3 is 2.65 bits per heavy atom. The van der Waals surface area contributed by atoms with Gasteiger partial charge in [-0.25, -0.2) is 0 Å². The number of nitrogen functional groups attached to an aromatic ring is 1. The van der Waals surface area contributed by atoms with Crippen LogP contribution in [-0.2, 0) is 11.3 Å². The molecule has 1 aromatic rings. The van der Waals surface area contributed by atoms with E-state index in [2.05, 4.69) is 0 Å². The van der Waals surface area contributed by atoms with Crippen molar-refractivity contribution < 1.29 is 4.79 Å². The summed E-state index contributed by atoms with van der Waals surface area (Å²) in [7, 11) is 0. The summed E-state index contributed by atoms with van der Waals surface area (Å²) >= 11 is 0. The zero-order chi connectivity index (χ0) is 12.8. The maximum atomic E-state index is 12.1. The Morgan fingerprint density at radius 2 is 2.12 bits per heavy atom. The predicted molar refractivity (Wildman–Crippen MR) is 71.4 cm³/mol. The number of carbonyl (C=O) groups is 1. The van der Waals surface area contributed by atoms with Gasteiger partial charge >= 0.3 is 0 Å². The largest absolute Gasteiger partial charge is 0.399 e. The van der Waals surface area contributed by atoms with Crippen LogP contribution in [0.5, 0.6) is 0 Å². The Bertz CT molecular complexity index is 376. The molecule has 0 aliphatic carbocycles. The number of nitrogens with two attached hydrogens (primary N) is 1. The van der Waals surface area contributed by atoms with Crippen LogP contribution < -0.4 is 5.73 Å². The number of hydrogen-bond donors (Lipinski definition) is 1. The number of anilines is 1. The first-order valence-corrected chi connectivity index (χ1v) is 6.21. The molecule has 0 heterocycles. The molecule has 0 aliphatic rings. The highest BCUT2D eigenvalue weighted by Crippen LogP contribution is 2.13. The lowest BCUT2D eigenvalue weighted by Crippen LogP contribution is -2.34. The van der Waals surface area contributed by atoms with Crippen molar-refractivity contribution in [1.29, 1.82) is 0 Å². The third-order valence-corrected chi connectivity index (χ3v) is 3.05. The van der Waals surface area contributed by atoms with E-state index in [0.717, 1.165) is 24.2 Å². The van der Waals surface area contributed by atoms with E-state index in [9.17, 15) is 4.79 Å². The number of hydrogen-bond acceptors (Lipinski definition) is 2. The van der Waals surface area contributed by atoms with Gasteiger partial charge in [0.25, 0.3) is 0 Å². The Kier molecular flexibility index (Phi) is 5.01. The lowest BCUT2D eigenvalue weighted by molar-refractivity contribution is -0.135. The molecule has 3 heteroatoms. The minimum atomic E-state index is 0.0935. The summed E-state index contributed by atoms with van der Waals surface area (Å²) in [4.78, 5) is 14.0. The average molecular weight is 234 g/mol. The summed E-state index contributed by atoms with van der Waals surface area (Å²) in [5, 5.41) is 0. The molecule has 0 fully saturated rings. The van der Waals surface area contributed by atoms with Crippen LogP contribution in [0, 0.1) is 5.92 Å². The van der Waals surface area contributed by atoms with Crippen molar-refractivity contribution in [3.8, 4) is 0 Å². The molecular formula is C14H22N2O. The Labute approximate surface area is 104 Å². The highest BCUT2D eigenvalue weighted by atomic mass is 16.2. The molecule has 0 radical (unpaired) electrons. The van der Waals surface area contributed by atoms with Gasteiger partial charge in [0.2, 0.25) is 5.91 Å². The normalized spacial score (nSPS) is 12.2. The molecule has 1 aromatic carbocycles. The highest BCUT2D eigenvalue weighted by Gasteiger charge is 2.17. The van der Waals surface area contributed by atoms with Gasteiger partial charge in [-0.1, -0.05) is 26.0 Å². The lowest BCUT2D eigenvalue weighted by Gasteiger charge is -2.24. The van der Waals surface area contributed by atoms with E-state index >= 15 is 0 Å². The molecule has 0 spiro atoms. The van der Waals surface area contributed by atoms with Crippen molar-refractivity contribution >= 4 is 11.6 Å². The van der Waals surface area contributed by atoms with Crippen LogP contribution in [0.25, 0.3) is 0 Å². The van der Waals surface area contributed by atoms with Gasteiger partial charge in [0.1, 0.15) is 0 Å². The van der Waals surface area contributed by atoms with Crippen LogP contribution in [0.2, 0.25) is 0 Å². The van der Waals surface area contributed by atoms with E-state index in [1.165, 1.54) is 0 Å². The van der Waals surface area contributed by atoms with Gasteiger partial charge in [-0.05, 0) is 31.0 Å². The number of rotatable bonds is 5. The standard InChI is InChI=1S/C14H22N2O/c1-4-11(3)14(17)16(5-2)10-12-7-6-8-13(15)9-12/h6-9,11H,4-5,10,15H2,1-3H3. The Balaban J connectivity index is 2.73. The van der Waals surface area contributed by atoms with E-state index in [4.69, 9.17) is 5.73 Å². The number of carbonyl (C=O) groups excluding carboxylic acids is 1. The minimum Gasteiger partial charge on any atom is -0.399 e. The van der Waals surface area contributed by atoms with Crippen LogP contribution in [-0.4, -0.2) is 17.4 Å². The second-order valence-corrected chi connectivity index (χ2v) is 4.41. The average Bonchev–Trinajstić information content (AvgIpc) is 2.34. The Morgan fingerprint density at radius 1 is 1.41 bits per heavy atom. The molecule has 94 valence electrons. The first-order valence-electron chi connectivity index (χ1n) is 6.21. The first kappa shape index (κ1) is 13.6. The zero-order valence-electron chi connectivity index (χ0n) is 10.9. The highest BCUT2D eigenvalue weighted by molar-refractivity contribution is 5.78. The molecule has 2 N–H and O–H groups in total. The fourth-order valence-corrected chi connectivity index (χ4v) is 1.74. The van der Waals surface area contributed by atoms with E-state index in [-0.39, 0.29) is 11.8 Å². The zero-order valence-corrected chi connectivity index (χ0v) is 10.9.